The molecule has 0 saturated heterocycles. The molecule has 0 saturated carbocycles. The minimum absolute atomic E-state index is 0.605. The zero-order valence-corrected chi connectivity index (χ0v) is 10.8. The second kappa shape index (κ2) is 5.98. The minimum atomic E-state index is 0.605. The van der Waals surface area contributed by atoms with Gasteiger partial charge in [-0.25, -0.2) is 0 Å². The highest BCUT2D eigenvalue weighted by atomic mass is 32.1. The number of hydrogen-bond acceptors (Lipinski definition) is 2. The van der Waals surface area contributed by atoms with Gasteiger partial charge in [-0.3, -0.25) is 0 Å². The summed E-state index contributed by atoms with van der Waals surface area (Å²) in [6.45, 7) is 2.34. The zero-order chi connectivity index (χ0) is 12.1. The molecule has 2 rings (SSSR count). The van der Waals surface area contributed by atoms with E-state index in [1.165, 1.54) is 11.1 Å². The highest BCUT2D eigenvalue weighted by molar-refractivity contribution is 7.80. The van der Waals surface area contributed by atoms with Gasteiger partial charge in [-0.2, -0.15) is 0 Å². The van der Waals surface area contributed by atoms with E-state index in [2.05, 4.69) is 34.9 Å². The molecule has 1 atom stereocenters. The molecule has 1 aromatic rings. The molecule has 0 spiro atoms. The van der Waals surface area contributed by atoms with Crippen LogP contribution in [0.15, 0.2) is 24.3 Å². The van der Waals surface area contributed by atoms with Crippen molar-refractivity contribution in [2.45, 2.75) is 12.3 Å². The van der Waals surface area contributed by atoms with Gasteiger partial charge in [0.2, 0.25) is 0 Å². The Balaban J connectivity index is 1.69. The predicted octanol–water partition coefficient (Wildman–Crippen LogP) is 1.44. The summed E-state index contributed by atoms with van der Waals surface area (Å²) in [6.07, 6.45) is 1.16. The van der Waals surface area contributed by atoms with Gasteiger partial charge < -0.3 is 15.4 Å². The summed E-state index contributed by atoms with van der Waals surface area (Å²) < 4.78 is 4.95. The molecule has 0 bridgehead atoms. The fraction of sp³-hybridized carbons (Fsp3) is 0.462. The lowest BCUT2D eigenvalue weighted by atomic mass is 9.78. The quantitative estimate of drug-likeness (QED) is 0.612. The van der Waals surface area contributed by atoms with Crippen molar-refractivity contribution in [2.75, 3.05) is 26.8 Å². The summed E-state index contributed by atoms with van der Waals surface area (Å²) in [5.41, 5.74) is 2.93. The lowest BCUT2D eigenvalue weighted by Crippen LogP contribution is -2.40. The van der Waals surface area contributed by atoms with Crippen LogP contribution in [0, 0.1) is 0 Å². The van der Waals surface area contributed by atoms with Gasteiger partial charge in [-0.15, -0.1) is 0 Å². The van der Waals surface area contributed by atoms with Crippen molar-refractivity contribution in [3.05, 3.63) is 35.4 Å². The Morgan fingerprint density at radius 2 is 2.24 bits per heavy atom. The predicted molar refractivity (Wildman–Crippen MR) is 73.4 cm³/mol. The smallest absolute Gasteiger partial charge is 0.166 e. The Morgan fingerprint density at radius 1 is 1.41 bits per heavy atom. The van der Waals surface area contributed by atoms with Crippen molar-refractivity contribution >= 4 is 17.3 Å². The number of benzene rings is 1. The van der Waals surface area contributed by atoms with Crippen LogP contribution >= 0.6 is 12.2 Å². The average Bonchev–Trinajstić information content (AvgIpc) is 2.31. The van der Waals surface area contributed by atoms with Gasteiger partial charge in [0.1, 0.15) is 0 Å². The highest BCUT2D eigenvalue weighted by Gasteiger charge is 2.24. The molecule has 92 valence electrons. The SMILES string of the molecule is COCCNC(=S)NCC1Cc2ccccc21. The molecule has 2 N–H and O–H groups in total. The van der Waals surface area contributed by atoms with E-state index in [9.17, 15) is 0 Å². The highest BCUT2D eigenvalue weighted by Crippen LogP contribution is 2.33. The lowest BCUT2D eigenvalue weighted by Gasteiger charge is -2.30. The third-order valence-corrected chi connectivity index (χ3v) is 3.35. The number of ether oxygens (including phenoxy) is 1. The lowest BCUT2D eigenvalue weighted by molar-refractivity contribution is 0.204. The van der Waals surface area contributed by atoms with Gasteiger partial charge in [0, 0.05) is 26.1 Å². The van der Waals surface area contributed by atoms with E-state index in [-0.39, 0.29) is 0 Å². The first-order valence-electron chi connectivity index (χ1n) is 5.89. The first kappa shape index (κ1) is 12.3. The Kier molecular flexibility index (Phi) is 4.34. The Morgan fingerprint density at radius 3 is 3.00 bits per heavy atom. The van der Waals surface area contributed by atoms with Crippen molar-refractivity contribution < 1.29 is 4.74 Å². The van der Waals surface area contributed by atoms with Crippen LogP contribution in [0.4, 0.5) is 0 Å². The average molecular weight is 250 g/mol. The minimum Gasteiger partial charge on any atom is -0.383 e. The summed E-state index contributed by atoms with van der Waals surface area (Å²) in [5.74, 6) is 0.605. The Hall–Kier alpha value is -1.13. The number of nitrogens with one attached hydrogen (secondary N) is 2. The third-order valence-electron chi connectivity index (χ3n) is 3.06. The molecule has 0 aromatic heterocycles. The number of rotatable bonds is 5. The molecular weight excluding hydrogens is 232 g/mol. The molecule has 1 aliphatic carbocycles. The zero-order valence-electron chi connectivity index (χ0n) is 10.0. The van der Waals surface area contributed by atoms with Crippen molar-refractivity contribution in [3.8, 4) is 0 Å². The van der Waals surface area contributed by atoms with Crippen LogP contribution in [0.3, 0.4) is 0 Å². The van der Waals surface area contributed by atoms with E-state index in [1.54, 1.807) is 7.11 Å². The van der Waals surface area contributed by atoms with Crippen LogP contribution in [-0.2, 0) is 11.2 Å². The van der Waals surface area contributed by atoms with Crippen LogP contribution in [0.2, 0.25) is 0 Å². The van der Waals surface area contributed by atoms with Crippen LogP contribution < -0.4 is 10.6 Å². The second-order valence-corrected chi connectivity index (χ2v) is 4.64. The topological polar surface area (TPSA) is 33.3 Å². The van der Waals surface area contributed by atoms with E-state index < -0.39 is 0 Å². The number of methoxy groups -OCH3 is 1. The van der Waals surface area contributed by atoms with Gasteiger partial charge in [-0.1, -0.05) is 24.3 Å². The maximum atomic E-state index is 5.18. The van der Waals surface area contributed by atoms with Gasteiger partial charge in [-0.05, 0) is 29.8 Å². The van der Waals surface area contributed by atoms with Crippen molar-refractivity contribution in [2.24, 2.45) is 0 Å². The molecule has 0 amide bonds. The van der Waals surface area contributed by atoms with Crippen molar-refractivity contribution in [1.29, 1.82) is 0 Å². The summed E-state index contributed by atoms with van der Waals surface area (Å²) in [4.78, 5) is 0. The molecule has 1 aromatic carbocycles. The standard InChI is InChI=1S/C13H18N2OS/c1-16-7-6-14-13(17)15-9-11-8-10-4-2-3-5-12(10)11/h2-5,11H,6-9H2,1H3,(H2,14,15,17). The first-order chi connectivity index (χ1) is 8.31. The second-order valence-electron chi connectivity index (χ2n) is 4.23. The number of fused-ring (bicyclic) bond motifs is 1. The molecule has 1 aliphatic rings. The molecule has 4 heteroatoms. The molecule has 0 aliphatic heterocycles. The van der Waals surface area contributed by atoms with Gasteiger partial charge in [0.15, 0.2) is 5.11 Å². The summed E-state index contributed by atoms with van der Waals surface area (Å²) in [7, 11) is 1.68. The maximum absolute atomic E-state index is 5.18. The van der Waals surface area contributed by atoms with E-state index in [4.69, 9.17) is 17.0 Å². The fourth-order valence-corrected chi connectivity index (χ4v) is 2.28. The summed E-state index contributed by atoms with van der Waals surface area (Å²) >= 11 is 5.18. The van der Waals surface area contributed by atoms with Gasteiger partial charge >= 0.3 is 0 Å². The fourth-order valence-electron chi connectivity index (χ4n) is 2.09. The monoisotopic (exact) mass is 250 g/mol. The number of thiocarbonyl (C=S) groups is 1. The van der Waals surface area contributed by atoms with E-state index in [0.29, 0.717) is 17.6 Å². The first-order valence-corrected chi connectivity index (χ1v) is 6.30. The summed E-state index contributed by atoms with van der Waals surface area (Å²) in [6, 6.07) is 8.59. The largest absolute Gasteiger partial charge is 0.383 e. The van der Waals surface area contributed by atoms with Gasteiger partial charge in [0.25, 0.3) is 0 Å². The normalized spacial score (nSPS) is 16.9. The van der Waals surface area contributed by atoms with Crippen molar-refractivity contribution in [3.63, 3.8) is 0 Å². The maximum Gasteiger partial charge on any atom is 0.166 e. The molecule has 0 radical (unpaired) electrons. The molecule has 0 fully saturated rings. The molecule has 0 heterocycles. The van der Waals surface area contributed by atoms with Gasteiger partial charge in [0.05, 0.1) is 6.61 Å². The summed E-state index contributed by atoms with van der Waals surface area (Å²) in [5, 5.41) is 7.07. The van der Waals surface area contributed by atoms with E-state index >= 15 is 0 Å². The Labute approximate surface area is 108 Å². The van der Waals surface area contributed by atoms with Crippen LogP contribution in [-0.4, -0.2) is 31.9 Å². The van der Waals surface area contributed by atoms with Crippen LogP contribution in [0.5, 0.6) is 0 Å². The third kappa shape index (κ3) is 3.17. The van der Waals surface area contributed by atoms with Crippen LogP contribution in [0.25, 0.3) is 0 Å². The Bertz CT molecular complexity index is 395. The molecule has 17 heavy (non-hydrogen) atoms. The number of hydrogen-bond donors (Lipinski definition) is 2. The van der Waals surface area contributed by atoms with E-state index in [1.807, 2.05) is 0 Å². The molecular formula is C13H18N2OS. The molecule has 3 nitrogen and oxygen atoms in total. The van der Waals surface area contributed by atoms with Crippen molar-refractivity contribution in [1.82, 2.24) is 10.6 Å². The van der Waals surface area contributed by atoms with Crippen LogP contribution in [0.1, 0.15) is 17.0 Å². The van der Waals surface area contributed by atoms with E-state index in [0.717, 1.165) is 19.5 Å². The molecule has 1 unspecified atom stereocenters.